The van der Waals surface area contributed by atoms with Crippen molar-refractivity contribution in [2.45, 2.75) is 6.42 Å². The maximum Gasteiger partial charge on any atom is 0.342 e. The first-order chi connectivity index (χ1) is 9.57. The Kier molecular flexibility index (Phi) is 6.41. The third-order valence-corrected chi connectivity index (χ3v) is 2.47. The summed E-state index contributed by atoms with van der Waals surface area (Å²) in [4.78, 5) is 21.2. The van der Waals surface area contributed by atoms with Crippen LogP contribution in [0.5, 0.6) is 0 Å². The summed E-state index contributed by atoms with van der Waals surface area (Å²) in [5, 5.41) is 31.2. The van der Waals surface area contributed by atoms with Crippen LogP contribution in [0.1, 0.15) is 16.8 Å². The van der Waals surface area contributed by atoms with Gasteiger partial charge in [-0.25, -0.2) is 4.79 Å². The molecular formula is C12H16N2O6. The van der Waals surface area contributed by atoms with Gasteiger partial charge in [0.2, 0.25) is 0 Å². The van der Waals surface area contributed by atoms with E-state index in [1.807, 2.05) is 0 Å². The van der Waals surface area contributed by atoms with Gasteiger partial charge in [0.15, 0.2) is 0 Å². The van der Waals surface area contributed by atoms with Crippen molar-refractivity contribution in [2.24, 2.45) is 0 Å². The molecule has 0 amide bonds. The lowest BCUT2D eigenvalue weighted by molar-refractivity contribution is -0.384. The van der Waals surface area contributed by atoms with Gasteiger partial charge in [-0.1, -0.05) is 6.07 Å². The molecule has 8 nitrogen and oxygen atoms in total. The molecule has 0 aliphatic rings. The van der Waals surface area contributed by atoms with Gasteiger partial charge >= 0.3 is 11.7 Å². The van der Waals surface area contributed by atoms with E-state index >= 15 is 0 Å². The molecule has 0 radical (unpaired) electrons. The van der Waals surface area contributed by atoms with E-state index < -0.39 is 16.6 Å². The first-order valence-electron chi connectivity index (χ1n) is 6.01. The van der Waals surface area contributed by atoms with Crippen LogP contribution in [-0.4, -0.2) is 47.5 Å². The molecule has 0 atom stereocenters. The van der Waals surface area contributed by atoms with Crippen LogP contribution < -0.4 is 5.32 Å². The lowest BCUT2D eigenvalue weighted by atomic mass is 10.1. The van der Waals surface area contributed by atoms with Gasteiger partial charge in [-0.3, -0.25) is 10.1 Å². The lowest BCUT2D eigenvalue weighted by Gasteiger charge is -2.08. The standard InChI is InChI=1S/C12H16N2O6/c15-6-8-20-7-2-5-13-10-4-1-3-9(12(16)17)11(10)14(18)19/h1,3-4,13,15H,2,5-8H2,(H,16,17). The van der Waals surface area contributed by atoms with Crippen LogP contribution in [0.25, 0.3) is 0 Å². The van der Waals surface area contributed by atoms with Crippen LogP contribution >= 0.6 is 0 Å². The van der Waals surface area contributed by atoms with E-state index in [4.69, 9.17) is 14.9 Å². The second-order valence-electron chi connectivity index (χ2n) is 3.88. The molecule has 1 aromatic carbocycles. The monoisotopic (exact) mass is 284 g/mol. The quantitative estimate of drug-likeness (QED) is 0.352. The summed E-state index contributed by atoms with van der Waals surface area (Å²) in [5.74, 6) is -1.34. The number of carbonyl (C=O) groups is 1. The molecule has 0 heterocycles. The van der Waals surface area contributed by atoms with E-state index in [2.05, 4.69) is 5.32 Å². The summed E-state index contributed by atoms with van der Waals surface area (Å²) in [6.45, 7) is 0.990. The number of hydrogen-bond donors (Lipinski definition) is 3. The van der Waals surface area contributed by atoms with Crippen molar-refractivity contribution < 1.29 is 24.7 Å². The van der Waals surface area contributed by atoms with Crippen molar-refractivity contribution in [3.05, 3.63) is 33.9 Å². The van der Waals surface area contributed by atoms with Gasteiger partial charge in [0.1, 0.15) is 11.3 Å². The Labute approximate surface area is 115 Å². The number of para-hydroxylation sites is 1. The van der Waals surface area contributed by atoms with E-state index in [0.29, 0.717) is 19.6 Å². The number of nitro groups is 1. The molecule has 3 N–H and O–H groups in total. The third-order valence-electron chi connectivity index (χ3n) is 2.47. The Bertz CT molecular complexity index is 477. The van der Waals surface area contributed by atoms with Gasteiger partial charge in [0.25, 0.3) is 0 Å². The van der Waals surface area contributed by atoms with Crippen LogP contribution in [-0.2, 0) is 4.74 Å². The molecule has 0 aliphatic heterocycles. The zero-order valence-electron chi connectivity index (χ0n) is 10.7. The number of benzene rings is 1. The Morgan fingerprint density at radius 1 is 1.40 bits per heavy atom. The predicted molar refractivity (Wildman–Crippen MR) is 71.1 cm³/mol. The van der Waals surface area contributed by atoms with E-state index in [0.717, 1.165) is 0 Å². The first kappa shape index (κ1) is 15.9. The number of nitro benzene ring substituents is 1. The molecule has 0 spiro atoms. The molecule has 110 valence electrons. The van der Waals surface area contributed by atoms with Crippen LogP contribution in [0.4, 0.5) is 11.4 Å². The van der Waals surface area contributed by atoms with Crippen molar-refractivity contribution in [1.29, 1.82) is 0 Å². The highest BCUT2D eigenvalue weighted by atomic mass is 16.6. The van der Waals surface area contributed by atoms with E-state index in [9.17, 15) is 14.9 Å². The first-order valence-corrected chi connectivity index (χ1v) is 6.01. The minimum atomic E-state index is -1.34. The fourth-order valence-corrected chi connectivity index (χ4v) is 1.62. The smallest absolute Gasteiger partial charge is 0.342 e. The summed E-state index contributed by atoms with van der Waals surface area (Å²) < 4.78 is 5.04. The molecule has 20 heavy (non-hydrogen) atoms. The number of hydrogen-bond acceptors (Lipinski definition) is 6. The Morgan fingerprint density at radius 2 is 2.15 bits per heavy atom. The number of rotatable bonds is 9. The highest BCUT2D eigenvalue weighted by molar-refractivity contribution is 5.95. The number of anilines is 1. The normalized spacial score (nSPS) is 10.2. The zero-order valence-corrected chi connectivity index (χ0v) is 10.7. The predicted octanol–water partition coefficient (Wildman–Crippen LogP) is 1.10. The van der Waals surface area contributed by atoms with Gasteiger partial charge in [0.05, 0.1) is 18.1 Å². The van der Waals surface area contributed by atoms with Gasteiger partial charge in [-0.05, 0) is 18.6 Å². The number of ether oxygens (including phenoxy) is 1. The lowest BCUT2D eigenvalue weighted by Crippen LogP contribution is -2.11. The number of nitrogens with one attached hydrogen (secondary N) is 1. The number of aliphatic hydroxyl groups excluding tert-OH is 1. The Hall–Kier alpha value is -2.19. The number of aliphatic hydroxyl groups is 1. The summed E-state index contributed by atoms with van der Waals surface area (Å²) >= 11 is 0. The topological polar surface area (TPSA) is 122 Å². The van der Waals surface area contributed by atoms with Crippen LogP contribution in [0.2, 0.25) is 0 Å². The average Bonchev–Trinajstić information content (AvgIpc) is 2.42. The van der Waals surface area contributed by atoms with Gasteiger partial charge < -0.3 is 20.3 Å². The highest BCUT2D eigenvalue weighted by Crippen LogP contribution is 2.28. The minimum absolute atomic E-state index is 0.0560. The van der Waals surface area contributed by atoms with Gasteiger partial charge in [-0.2, -0.15) is 0 Å². The van der Waals surface area contributed by atoms with Gasteiger partial charge in [0, 0.05) is 13.2 Å². The molecule has 0 saturated carbocycles. The van der Waals surface area contributed by atoms with E-state index in [1.54, 1.807) is 0 Å². The van der Waals surface area contributed by atoms with Crippen LogP contribution in [0.15, 0.2) is 18.2 Å². The largest absolute Gasteiger partial charge is 0.477 e. The average molecular weight is 284 g/mol. The van der Waals surface area contributed by atoms with Crippen molar-refractivity contribution in [3.63, 3.8) is 0 Å². The molecule has 0 aliphatic carbocycles. The fraction of sp³-hybridized carbons (Fsp3) is 0.417. The summed E-state index contributed by atoms with van der Waals surface area (Å²) in [5.41, 5.74) is -0.634. The molecule has 8 heteroatoms. The Balaban J connectivity index is 2.67. The molecule has 1 aromatic rings. The van der Waals surface area contributed by atoms with Gasteiger partial charge in [-0.15, -0.1) is 0 Å². The van der Waals surface area contributed by atoms with Crippen molar-refractivity contribution >= 4 is 17.3 Å². The summed E-state index contributed by atoms with van der Waals surface area (Å²) in [7, 11) is 0. The second kappa shape index (κ2) is 8.08. The number of nitrogens with zero attached hydrogens (tertiary/aromatic N) is 1. The van der Waals surface area contributed by atoms with Crippen molar-refractivity contribution in [1.82, 2.24) is 0 Å². The number of aromatic carboxylic acids is 1. The second-order valence-corrected chi connectivity index (χ2v) is 3.88. The molecule has 0 unspecified atom stereocenters. The SMILES string of the molecule is O=C(O)c1cccc(NCCCOCCO)c1[N+](=O)[O-]. The molecule has 0 aromatic heterocycles. The maximum absolute atomic E-state index is 11.0. The highest BCUT2D eigenvalue weighted by Gasteiger charge is 2.23. The maximum atomic E-state index is 11.0. The summed E-state index contributed by atoms with van der Waals surface area (Å²) in [6.07, 6.45) is 0.578. The zero-order chi connectivity index (χ0) is 15.0. The molecule has 1 rings (SSSR count). The van der Waals surface area contributed by atoms with Crippen LogP contribution in [0.3, 0.4) is 0 Å². The molecule has 0 fully saturated rings. The summed E-state index contributed by atoms with van der Waals surface area (Å²) in [6, 6.07) is 4.09. The fourth-order valence-electron chi connectivity index (χ4n) is 1.62. The minimum Gasteiger partial charge on any atom is -0.477 e. The van der Waals surface area contributed by atoms with Crippen molar-refractivity contribution in [3.8, 4) is 0 Å². The van der Waals surface area contributed by atoms with Crippen LogP contribution in [0, 0.1) is 10.1 Å². The van der Waals surface area contributed by atoms with Crippen molar-refractivity contribution in [2.75, 3.05) is 31.7 Å². The van der Waals surface area contributed by atoms with E-state index in [1.165, 1.54) is 18.2 Å². The number of carboxylic acid groups (broad SMARTS) is 1. The third kappa shape index (κ3) is 4.48. The molecule has 0 bridgehead atoms. The number of carboxylic acids is 1. The van der Waals surface area contributed by atoms with E-state index in [-0.39, 0.29) is 24.5 Å². The molecular weight excluding hydrogens is 268 g/mol. The molecule has 0 saturated heterocycles. The Morgan fingerprint density at radius 3 is 2.75 bits per heavy atom.